The number of piperazine rings is 1. The number of hydrogen-bond acceptors (Lipinski definition) is 11. The molecule has 1 aliphatic carbocycles. The number of allylic oxidation sites excluding steroid dienone is 1. The van der Waals surface area contributed by atoms with Crippen molar-refractivity contribution < 1.29 is 32.3 Å². The Hall–Kier alpha value is -5.45. The zero-order valence-corrected chi connectivity index (χ0v) is 35.7. The molecule has 0 spiro atoms. The van der Waals surface area contributed by atoms with Gasteiger partial charge in [-0.05, 0) is 96.5 Å². The first-order valence-corrected chi connectivity index (χ1v) is 22.3. The van der Waals surface area contributed by atoms with Crippen LogP contribution in [0.2, 0.25) is 5.02 Å². The van der Waals surface area contributed by atoms with Crippen molar-refractivity contribution in [2.24, 2.45) is 5.41 Å². The van der Waals surface area contributed by atoms with Crippen LogP contribution in [0.15, 0.2) is 102 Å². The van der Waals surface area contributed by atoms with E-state index in [4.69, 9.17) is 25.8 Å². The van der Waals surface area contributed by atoms with Crippen LogP contribution in [0, 0.1) is 15.5 Å². The summed E-state index contributed by atoms with van der Waals surface area (Å²) in [5.74, 6) is -0.339. The van der Waals surface area contributed by atoms with Crippen molar-refractivity contribution >= 4 is 61.1 Å². The lowest BCUT2D eigenvalue weighted by Gasteiger charge is -2.39. The Kier molecular flexibility index (Phi) is 12.4. The molecule has 0 saturated carbocycles. The second kappa shape index (κ2) is 17.9. The maximum absolute atomic E-state index is 13.9. The van der Waals surface area contributed by atoms with Crippen molar-refractivity contribution in [2.75, 3.05) is 69.3 Å². The van der Waals surface area contributed by atoms with Gasteiger partial charge in [0.2, 0.25) is 0 Å². The van der Waals surface area contributed by atoms with Gasteiger partial charge in [-0.25, -0.2) is 13.1 Å². The lowest BCUT2D eigenvalue weighted by atomic mass is 9.72. The lowest BCUT2D eigenvalue weighted by Crippen LogP contribution is -2.47. The molecule has 1 aromatic heterocycles. The number of carbonyl (C=O) groups is 1. The number of aromatic amines is 1. The van der Waals surface area contributed by atoms with E-state index >= 15 is 0 Å². The van der Waals surface area contributed by atoms with Gasteiger partial charge in [-0.15, -0.1) is 0 Å². The SMILES string of the molecule is CC1(C)CCC(CN2CCN(c3ccc(C(=O)NS(=O)(=O)c4ccc(NCC5COCCO5)c([N+](=O)[O-])c4)c(Oc4ccc5[nH]ccc5c4)c3)CC2)=C(c2ccc(Cl)cc2)C1. The van der Waals surface area contributed by atoms with E-state index in [0.29, 0.717) is 25.6 Å². The number of aromatic nitrogens is 1. The summed E-state index contributed by atoms with van der Waals surface area (Å²) in [7, 11) is -4.57. The van der Waals surface area contributed by atoms with Gasteiger partial charge in [0.25, 0.3) is 21.6 Å². The number of nitro groups is 1. The van der Waals surface area contributed by atoms with E-state index in [2.05, 4.69) is 50.8 Å². The van der Waals surface area contributed by atoms with E-state index < -0.39 is 31.4 Å². The average molecular weight is 869 g/mol. The Balaban J connectivity index is 1.00. The van der Waals surface area contributed by atoms with Crippen LogP contribution in [0.25, 0.3) is 16.5 Å². The molecule has 1 amide bonds. The van der Waals surface area contributed by atoms with E-state index in [1.54, 1.807) is 24.3 Å². The molecule has 3 aliphatic rings. The van der Waals surface area contributed by atoms with Gasteiger partial charge in [0.1, 0.15) is 17.2 Å². The molecule has 1 unspecified atom stereocenters. The van der Waals surface area contributed by atoms with Gasteiger partial charge < -0.3 is 29.4 Å². The highest BCUT2D eigenvalue weighted by molar-refractivity contribution is 7.90. The minimum Gasteiger partial charge on any atom is -0.456 e. The van der Waals surface area contributed by atoms with Gasteiger partial charge in [-0.3, -0.25) is 19.8 Å². The number of sulfonamides is 1. The first-order valence-electron chi connectivity index (χ1n) is 20.4. The molecule has 2 saturated heterocycles. The van der Waals surface area contributed by atoms with Gasteiger partial charge in [0.15, 0.2) is 0 Å². The summed E-state index contributed by atoms with van der Waals surface area (Å²) in [6, 6.07) is 24.1. The number of benzene rings is 4. The van der Waals surface area contributed by atoms with Crippen LogP contribution in [0.1, 0.15) is 49.0 Å². The maximum atomic E-state index is 13.9. The summed E-state index contributed by atoms with van der Waals surface area (Å²) in [4.78, 5) is 32.7. The van der Waals surface area contributed by atoms with Crippen LogP contribution in [-0.2, 0) is 19.5 Å². The van der Waals surface area contributed by atoms with Crippen LogP contribution in [-0.4, -0.2) is 94.3 Å². The fraction of sp³-hybridized carbons (Fsp3) is 0.356. The highest BCUT2D eigenvalue weighted by Crippen LogP contribution is 2.43. The number of fused-ring (bicyclic) bond motifs is 1. The van der Waals surface area contributed by atoms with E-state index in [0.717, 1.165) is 79.7 Å². The number of hydrogen-bond donors (Lipinski definition) is 3. The molecule has 61 heavy (non-hydrogen) atoms. The van der Waals surface area contributed by atoms with Crippen molar-refractivity contribution in [1.82, 2.24) is 14.6 Å². The molecule has 4 aromatic carbocycles. The van der Waals surface area contributed by atoms with Crippen LogP contribution < -0.4 is 19.7 Å². The first-order chi connectivity index (χ1) is 29.3. The Bertz CT molecular complexity index is 2560. The number of rotatable bonds is 13. The molecule has 320 valence electrons. The average Bonchev–Trinajstić information content (AvgIpc) is 3.72. The van der Waals surface area contributed by atoms with E-state index in [-0.39, 0.29) is 35.1 Å². The fourth-order valence-corrected chi connectivity index (χ4v) is 9.30. The Morgan fingerprint density at radius 2 is 1.80 bits per heavy atom. The molecule has 0 radical (unpaired) electrons. The molecular weight excluding hydrogens is 820 g/mol. The number of ether oxygens (including phenoxy) is 3. The normalized spacial score (nSPS) is 18.5. The summed E-state index contributed by atoms with van der Waals surface area (Å²) in [5, 5.41) is 16.6. The van der Waals surface area contributed by atoms with Crippen LogP contribution in [0.4, 0.5) is 17.1 Å². The summed E-state index contributed by atoms with van der Waals surface area (Å²) in [5.41, 5.74) is 5.67. The molecule has 14 nitrogen and oxygen atoms in total. The van der Waals surface area contributed by atoms with Crippen LogP contribution in [0.3, 0.4) is 0 Å². The number of amides is 1. The molecule has 2 aliphatic heterocycles. The van der Waals surface area contributed by atoms with Crippen molar-refractivity contribution in [3.63, 3.8) is 0 Å². The summed E-state index contributed by atoms with van der Waals surface area (Å²) in [6.07, 6.45) is 4.69. The number of halogens is 1. The fourth-order valence-electron chi connectivity index (χ4n) is 8.19. The van der Waals surface area contributed by atoms with Crippen LogP contribution in [0.5, 0.6) is 11.5 Å². The zero-order valence-electron chi connectivity index (χ0n) is 34.1. The maximum Gasteiger partial charge on any atom is 0.293 e. The number of carbonyl (C=O) groups excluding carboxylic acids is 1. The third-order valence-electron chi connectivity index (χ3n) is 11.6. The molecule has 2 fully saturated rings. The Morgan fingerprint density at radius 1 is 1.00 bits per heavy atom. The minimum absolute atomic E-state index is 0.0236. The molecule has 16 heteroatoms. The third kappa shape index (κ3) is 10.0. The van der Waals surface area contributed by atoms with Gasteiger partial charge >= 0.3 is 0 Å². The van der Waals surface area contributed by atoms with Gasteiger partial charge in [0, 0.05) is 79.2 Å². The number of anilines is 2. The molecule has 3 heterocycles. The van der Waals surface area contributed by atoms with E-state index in [9.17, 15) is 23.3 Å². The Morgan fingerprint density at radius 3 is 2.56 bits per heavy atom. The van der Waals surface area contributed by atoms with Crippen molar-refractivity contribution in [2.45, 2.75) is 44.1 Å². The number of nitro benzene ring substituents is 1. The largest absolute Gasteiger partial charge is 0.456 e. The second-order valence-corrected chi connectivity index (χ2v) is 18.6. The van der Waals surface area contributed by atoms with Crippen molar-refractivity contribution in [1.29, 1.82) is 0 Å². The first kappa shape index (κ1) is 42.2. The number of nitrogens with one attached hydrogen (secondary N) is 3. The predicted molar refractivity (Wildman–Crippen MR) is 236 cm³/mol. The third-order valence-corrected chi connectivity index (χ3v) is 13.2. The standard InChI is InChI=1S/C45H49ClN6O8S/c1-45(2)15-13-32(39(26-45)30-3-5-33(46)6-4-30)28-50-17-19-51(20-18-50)34-7-10-38(43(24-34)60-35-8-11-40-31(23-35)14-16-47-40)44(53)49-61(56,57)37-9-12-41(42(25-37)52(54)55)48-27-36-29-58-21-22-59-36/h3-12,14,16,23-25,36,47-48H,13,15,17-22,26-29H2,1-2H3,(H,49,53). The molecular formula is C45H49ClN6O8S. The topological polar surface area (TPSA) is 168 Å². The lowest BCUT2D eigenvalue weighted by molar-refractivity contribution is -0.384. The molecule has 8 rings (SSSR count). The van der Waals surface area contributed by atoms with Crippen molar-refractivity contribution in [3.05, 3.63) is 123 Å². The van der Waals surface area contributed by atoms with E-state index in [1.807, 2.05) is 36.5 Å². The molecule has 0 bridgehead atoms. The zero-order chi connectivity index (χ0) is 42.7. The molecule has 3 N–H and O–H groups in total. The van der Waals surface area contributed by atoms with Gasteiger partial charge in [0.05, 0.1) is 41.3 Å². The highest BCUT2D eigenvalue weighted by atomic mass is 35.5. The summed E-state index contributed by atoms with van der Waals surface area (Å²) < 4.78 is 46.8. The number of nitrogens with zero attached hydrogens (tertiary/aromatic N) is 3. The number of H-pyrrole nitrogens is 1. The predicted octanol–water partition coefficient (Wildman–Crippen LogP) is 8.25. The quantitative estimate of drug-likeness (QED) is 0.0770. The Labute approximate surface area is 360 Å². The second-order valence-electron chi connectivity index (χ2n) is 16.5. The summed E-state index contributed by atoms with van der Waals surface area (Å²) in [6.45, 7) is 10.1. The monoisotopic (exact) mass is 868 g/mol. The van der Waals surface area contributed by atoms with Crippen molar-refractivity contribution in [3.8, 4) is 11.5 Å². The van der Waals surface area contributed by atoms with Gasteiger partial charge in [-0.2, -0.15) is 0 Å². The van der Waals surface area contributed by atoms with Gasteiger partial charge in [-0.1, -0.05) is 43.2 Å². The summed E-state index contributed by atoms with van der Waals surface area (Å²) >= 11 is 6.24. The van der Waals surface area contributed by atoms with E-state index in [1.165, 1.54) is 28.8 Å². The molecule has 5 aromatic rings. The smallest absolute Gasteiger partial charge is 0.293 e. The molecule has 1 atom stereocenters. The van der Waals surface area contributed by atoms with Crippen LogP contribution >= 0.6 is 11.6 Å². The highest BCUT2D eigenvalue weighted by Gasteiger charge is 2.31. The minimum atomic E-state index is -4.57.